The fourth-order valence-corrected chi connectivity index (χ4v) is 2.42. The number of hydrogen-bond donors (Lipinski definition) is 0. The van der Waals surface area contributed by atoms with Crippen LogP contribution in [0.4, 0.5) is 0 Å². The average Bonchev–Trinajstić information content (AvgIpc) is 2.89. The first-order chi connectivity index (χ1) is 7.81. The van der Waals surface area contributed by atoms with Gasteiger partial charge in [-0.3, -0.25) is 9.13 Å². The third kappa shape index (κ3) is 2.44. The molecule has 16 heavy (non-hydrogen) atoms. The van der Waals surface area contributed by atoms with Gasteiger partial charge in [0.1, 0.15) is 0 Å². The van der Waals surface area contributed by atoms with Gasteiger partial charge in [-0.25, -0.2) is 4.79 Å². The van der Waals surface area contributed by atoms with Crippen LogP contribution in [0.25, 0.3) is 0 Å². The molecule has 2 aromatic rings. The zero-order chi connectivity index (χ0) is 11.4. The second-order valence-corrected chi connectivity index (χ2v) is 4.63. The van der Waals surface area contributed by atoms with E-state index in [-0.39, 0.29) is 5.69 Å². The van der Waals surface area contributed by atoms with E-state index in [4.69, 9.17) is 0 Å². The fourth-order valence-electron chi connectivity index (χ4n) is 1.72. The highest BCUT2D eigenvalue weighted by molar-refractivity contribution is 7.07. The Morgan fingerprint density at radius 1 is 1.25 bits per heavy atom. The monoisotopic (exact) mass is 236 g/mol. The number of rotatable bonds is 5. The Balaban J connectivity index is 2.02. The Kier molecular flexibility index (Phi) is 3.62. The van der Waals surface area contributed by atoms with E-state index in [0.717, 1.165) is 25.9 Å². The van der Waals surface area contributed by atoms with Crippen LogP contribution in [0.15, 0.2) is 34.0 Å². The molecular weight excluding hydrogens is 220 g/mol. The minimum Gasteiger partial charge on any atom is -0.299 e. The van der Waals surface area contributed by atoms with Gasteiger partial charge >= 0.3 is 5.69 Å². The Hall–Kier alpha value is -1.29. The summed E-state index contributed by atoms with van der Waals surface area (Å²) in [6, 6.07) is 2.11. The van der Waals surface area contributed by atoms with Crippen LogP contribution in [0.2, 0.25) is 0 Å². The third-order valence-electron chi connectivity index (χ3n) is 2.60. The van der Waals surface area contributed by atoms with Gasteiger partial charge in [-0.05, 0) is 35.2 Å². The molecule has 0 radical (unpaired) electrons. The number of hydrogen-bond acceptors (Lipinski definition) is 2. The van der Waals surface area contributed by atoms with Crippen molar-refractivity contribution in [2.75, 3.05) is 0 Å². The van der Waals surface area contributed by atoms with Gasteiger partial charge in [0.25, 0.3) is 0 Å². The van der Waals surface area contributed by atoms with Crippen LogP contribution in [-0.2, 0) is 19.5 Å². The molecule has 0 spiro atoms. The standard InChI is InChI=1S/C12H16N2OS/c1-2-5-13-7-8-14(12(13)15)6-3-11-4-9-16-10-11/h4,7-10H,2-3,5-6H2,1H3. The van der Waals surface area contributed by atoms with Gasteiger partial charge in [0.05, 0.1) is 0 Å². The predicted octanol–water partition coefficient (Wildman–Crippen LogP) is 2.36. The number of imidazole rings is 1. The zero-order valence-electron chi connectivity index (χ0n) is 9.43. The number of aromatic nitrogens is 2. The van der Waals surface area contributed by atoms with E-state index in [1.165, 1.54) is 5.56 Å². The van der Waals surface area contributed by atoms with E-state index < -0.39 is 0 Å². The molecule has 0 saturated carbocycles. The third-order valence-corrected chi connectivity index (χ3v) is 3.34. The van der Waals surface area contributed by atoms with Crippen molar-refractivity contribution in [2.45, 2.75) is 32.9 Å². The maximum Gasteiger partial charge on any atom is 0.328 e. The molecule has 4 heteroatoms. The van der Waals surface area contributed by atoms with Crippen LogP contribution in [-0.4, -0.2) is 9.13 Å². The second-order valence-electron chi connectivity index (χ2n) is 3.85. The highest BCUT2D eigenvalue weighted by atomic mass is 32.1. The normalized spacial score (nSPS) is 10.8. The van der Waals surface area contributed by atoms with Crippen LogP contribution in [0.1, 0.15) is 18.9 Å². The molecular formula is C12H16N2OS. The topological polar surface area (TPSA) is 26.9 Å². The molecule has 2 aromatic heterocycles. The lowest BCUT2D eigenvalue weighted by molar-refractivity contribution is 0.601. The summed E-state index contributed by atoms with van der Waals surface area (Å²) in [4.78, 5) is 11.8. The van der Waals surface area contributed by atoms with Crippen LogP contribution in [0.5, 0.6) is 0 Å². The molecule has 0 N–H and O–H groups in total. The lowest BCUT2D eigenvalue weighted by Crippen LogP contribution is -2.24. The zero-order valence-corrected chi connectivity index (χ0v) is 10.2. The molecule has 0 atom stereocenters. The summed E-state index contributed by atoms with van der Waals surface area (Å²) < 4.78 is 3.56. The Morgan fingerprint density at radius 2 is 2.00 bits per heavy atom. The highest BCUT2D eigenvalue weighted by Gasteiger charge is 2.02. The summed E-state index contributed by atoms with van der Waals surface area (Å²) in [6.45, 7) is 3.66. The van der Waals surface area contributed by atoms with Crippen LogP contribution < -0.4 is 5.69 Å². The van der Waals surface area contributed by atoms with Crippen molar-refractivity contribution >= 4 is 11.3 Å². The summed E-state index contributed by atoms with van der Waals surface area (Å²) in [5.74, 6) is 0. The molecule has 2 heterocycles. The molecule has 0 amide bonds. The van der Waals surface area contributed by atoms with Gasteiger partial charge in [0.2, 0.25) is 0 Å². The van der Waals surface area contributed by atoms with Crippen molar-refractivity contribution in [3.05, 3.63) is 45.3 Å². The van der Waals surface area contributed by atoms with Gasteiger partial charge in [0, 0.05) is 25.5 Å². The summed E-state index contributed by atoms with van der Waals surface area (Å²) in [7, 11) is 0. The Morgan fingerprint density at radius 3 is 2.62 bits per heavy atom. The summed E-state index contributed by atoms with van der Waals surface area (Å²) >= 11 is 1.70. The summed E-state index contributed by atoms with van der Waals surface area (Å²) in [6.07, 6.45) is 5.68. The Bertz CT molecular complexity index is 481. The first-order valence-corrected chi connectivity index (χ1v) is 6.52. The largest absolute Gasteiger partial charge is 0.328 e. The molecule has 0 unspecified atom stereocenters. The molecule has 0 bridgehead atoms. The van der Waals surface area contributed by atoms with E-state index in [1.54, 1.807) is 20.5 Å². The van der Waals surface area contributed by atoms with Crippen molar-refractivity contribution in [3.8, 4) is 0 Å². The minimum absolute atomic E-state index is 0.108. The highest BCUT2D eigenvalue weighted by Crippen LogP contribution is 2.07. The van der Waals surface area contributed by atoms with Crippen molar-refractivity contribution < 1.29 is 0 Å². The first kappa shape index (κ1) is 11.2. The first-order valence-electron chi connectivity index (χ1n) is 5.58. The van der Waals surface area contributed by atoms with E-state index in [1.807, 2.05) is 12.4 Å². The quantitative estimate of drug-likeness (QED) is 0.783. The SMILES string of the molecule is CCCn1ccn(CCc2ccsc2)c1=O. The van der Waals surface area contributed by atoms with Crippen molar-refractivity contribution in [1.82, 2.24) is 9.13 Å². The molecule has 0 fully saturated rings. The van der Waals surface area contributed by atoms with Gasteiger partial charge in [-0.2, -0.15) is 11.3 Å². The number of thiophene rings is 1. The number of nitrogens with zero attached hydrogens (tertiary/aromatic N) is 2. The maximum absolute atomic E-state index is 11.8. The van der Waals surface area contributed by atoms with Crippen molar-refractivity contribution in [3.63, 3.8) is 0 Å². The van der Waals surface area contributed by atoms with Crippen LogP contribution in [0.3, 0.4) is 0 Å². The maximum atomic E-state index is 11.8. The fraction of sp³-hybridized carbons (Fsp3) is 0.417. The second kappa shape index (κ2) is 5.16. The lowest BCUT2D eigenvalue weighted by atomic mass is 10.2. The van der Waals surface area contributed by atoms with Gasteiger partial charge in [-0.1, -0.05) is 6.92 Å². The lowest BCUT2D eigenvalue weighted by Gasteiger charge is -2.00. The van der Waals surface area contributed by atoms with E-state index >= 15 is 0 Å². The van der Waals surface area contributed by atoms with E-state index in [9.17, 15) is 4.79 Å². The molecule has 0 aromatic carbocycles. The van der Waals surface area contributed by atoms with Gasteiger partial charge < -0.3 is 0 Å². The smallest absolute Gasteiger partial charge is 0.299 e. The van der Waals surface area contributed by atoms with E-state index in [2.05, 4.69) is 23.8 Å². The summed E-state index contributed by atoms with van der Waals surface area (Å²) in [5.41, 5.74) is 1.41. The van der Waals surface area contributed by atoms with Gasteiger partial charge in [-0.15, -0.1) is 0 Å². The molecule has 0 aliphatic heterocycles. The van der Waals surface area contributed by atoms with Crippen LogP contribution in [0, 0.1) is 0 Å². The van der Waals surface area contributed by atoms with Crippen LogP contribution >= 0.6 is 11.3 Å². The minimum atomic E-state index is 0.108. The molecule has 0 saturated heterocycles. The molecule has 2 rings (SSSR count). The molecule has 86 valence electrons. The number of aryl methyl sites for hydroxylation is 3. The van der Waals surface area contributed by atoms with E-state index in [0.29, 0.717) is 0 Å². The summed E-state index contributed by atoms with van der Waals surface area (Å²) in [5, 5.41) is 4.20. The molecule has 3 nitrogen and oxygen atoms in total. The van der Waals surface area contributed by atoms with Gasteiger partial charge in [0.15, 0.2) is 0 Å². The average molecular weight is 236 g/mol. The molecule has 0 aliphatic carbocycles. The van der Waals surface area contributed by atoms with Crippen molar-refractivity contribution in [2.24, 2.45) is 0 Å². The predicted molar refractivity (Wildman–Crippen MR) is 67.0 cm³/mol. The van der Waals surface area contributed by atoms with Crippen molar-refractivity contribution in [1.29, 1.82) is 0 Å². The molecule has 0 aliphatic rings. The Labute approximate surface area is 99.0 Å².